The van der Waals surface area contributed by atoms with Crippen molar-refractivity contribution in [2.75, 3.05) is 13.1 Å². The second-order valence-corrected chi connectivity index (χ2v) is 6.79. The molecule has 25 heavy (non-hydrogen) atoms. The smallest absolute Gasteiger partial charge is 0.123 e. The minimum atomic E-state index is -0.219. The maximum Gasteiger partial charge on any atom is 0.123 e. The number of nitrogens with one attached hydrogen (secondary N) is 1. The molecule has 1 aromatic carbocycles. The average molecular weight is 339 g/mol. The number of H-pyrrole nitrogens is 1. The van der Waals surface area contributed by atoms with E-state index < -0.39 is 0 Å². The fourth-order valence-electron chi connectivity index (χ4n) is 3.72. The molecular weight excluding hydrogens is 317 g/mol. The highest BCUT2D eigenvalue weighted by Crippen LogP contribution is 2.33. The number of halogens is 1. The van der Waals surface area contributed by atoms with E-state index in [4.69, 9.17) is 4.42 Å². The molecule has 1 atom stereocenters. The fourth-order valence-corrected chi connectivity index (χ4v) is 3.72. The van der Waals surface area contributed by atoms with Gasteiger partial charge in [0.2, 0.25) is 0 Å². The van der Waals surface area contributed by atoms with Crippen LogP contribution in [-0.2, 0) is 6.54 Å². The molecule has 1 aliphatic rings. The highest BCUT2D eigenvalue weighted by atomic mass is 19.1. The molecule has 0 aliphatic carbocycles. The van der Waals surface area contributed by atoms with Crippen molar-refractivity contribution in [3.8, 4) is 11.1 Å². The van der Waals surface area contributed by atoms with E-state index >= 15 is 0 Å². The van der Waals surface area contributed by atoms with E-state index in [-0.39, 0.29) is 5.82 Å². The molecule has 1 fully saturated rings. The van der Waals surface area contributed by atoms with Crippen molar-refractivity contribution in [2.45, 2.75) is 32.2 Å². The SMILES string of the molecule is Cc1ccc(CN2CCCC(c3[nH]ncc3-c3cccc(F)c3)C2)o1. The lowest BCUT2D eigenvalue weighted by Crippen LogP contribution is -2.34. The van der Waals surface area contributed by atoms with Crippen LogP contribution in [0.25, 0.3) is 11.1 Å². The number of piperidine rings is 1. The van der Waals surface area contributed by atoms with Gasteiger partial charge >= 0.3 is 0 Å². The van der Waals surface area contributed by atoms with E-state index in [0.29, 0.717) is 5.92 Å². The quantitative estimate of drug-likeness (QED) is 0.761. The lowest BCUT2D eigenvalue weighted by atomic mass is 9.90. The van der Waals surface area contributed by atoms with Crippen molar-refractivity contribution in [3.05, 3.63) is 65.6 Å². The highest BCUT2D eigenvalue weighted by molar-refractivity contribution is 5.65. The van der Waals surface area contributed by atoms with E-state index in [1.54, 1.807) is 18.3 Å². The van der Waals surface area contributed by atoms with E-state index in [1.807, 2.05) is 25.1 Å². The van der Waals surface area contributed by atoms with Gasteiger partial charge in [-0.15, -0.1) is 0 Å². The van der Waals surface area contributed by atoms with Gasteiger partial charge in [-0.2, -0.15) is 5.10 Å². The predicted octanol–water partition coefficient (Wildman–Crippen LogP) is 4.50. The number of hydrogen-bond acceptors (Lipinski definition) is 3. The Labute approximate surface area is 146 Å². The average Bonchev–Trinajstić information content (AvgIpc) is 3.24. The first-order chi connectivity index (χ1) is 12.2. The maximum atomic E-state index is 13.6. The molecule has 1 aliphatic heterocycles. The first-order valence-corrected chi connectivity index (χ1v) is 8.76. The Morgan fingerprint density at radius 3 is 3.04 bits per heavy atom. The normalized spacial score (nSPS) is 18.6. The third-order valence-corrected chi connectivity index (χ3v) is 4.89. The minimum absolute atomic E-state index is 0.219. The zero-order valence-corrected chi connectivity index (χ0v) is 14.3. The maximum absolute atomic E-state index is 13.6. The third-order valence-electron chi connectivity index (χ3n) is 4.89. The van der Waals surface area contributed by atoms with Crippen molar-refractivity contribution in [1.82, 2.24) is 15.1 Å². The Bertz CT molecular complexity index is 854. The van der Waals surface area contributed by atoms with Crippen LogP contribution in [0.3, 0.4) is 0 Å². The molecule has 130 valence electrons. The van der Waals surface area contributed by atoms with Gasteiger partial charge in [0.05, 0.1) is 12.7 Å². The Balaban J connectivity index is 1.53. The Hall–Kier alpha value is -2.40. The van der Waals surface area contributed by atoms with Gasteiger partial charge in [-0.05, 0) is 56.1 Å². The monoisotopic (exact) mass is 339 g/mol. The van der Waals surface area contributed by atoms with Crippen molar-refractivity contribution in [2.24, 2.45) is 0 Å². The van der Waals surface area contributed by atoms with Crippen LogP contribution < -0.4 is 0 Å². The molecule has 0 radical (unpaired) electrons. The standard InChI is InChI=1S/C20H22FN3O/c1-14-7-8-18(25-14)13-24-9-3-5-16(12-24)20-19(11-22-23-20)15-4-2-6-17(21)10-15/h2,4,6-8,10-11,16H,3,5,9,12-13H2,1H3,(H,22,23). The molecule has 0 amide bonds. The van der Waals surface area contributed by atoms with Crippen LogP contribution >= 0.6 is 0 Å². The largest absolute Gasteiger partial charge is 0.465 e. The van der Waals surface area contributed by atoms with Crippen LogP contribution in [0.5, 0.6) is 0 Å². The van der Waals surface area contributed by atoms with Gasteiger partial charge in [0.15, 0.2) is 0 Å². The van der Waals surface area contributed by atoms with Gasteiger partial charge in [0.25, 0.3) is 0 Å². The number of rotatable bonds is 4. The zero-order valence-electron chi connectivity index (χ0n) is 14.3. The number of benzene rings is 1. The van der Waals surface area contributed by atoms with Crippen LogP contribution in [0.2, 0.25) is 0 Å². The van der Waals surface area contributed by atoms with Crippen LogP contribution in [0.15, 0.2) is 47.0 Å². The lowest BCUT2D eigenvalue weighted by Gasteiger charge is -2.32. The van der Waals surface area contributed by atoms with Gasteiger partial charge in [0, 0.05) is 23.7 Å². The van der Waals surface area contributed by atoms with Crippen molar-refractivity contribution in [1.29, 1.82) is 0 Å². The summed E-state index contributed by atoms with van der Waals surface area (Å²) in [7, 11) is 0. The number of hydrogen-bond donors (Lipinski definition) is 1. The lowest BCUT2D eigenvalue weighted by molar-refractivity contribution is 0.184. The van der Waals surface area contributed by atoms with E-state index in [2.05, 4.69) is 15.1 Å². The van der Waals surface area contributed by atoms with E-state index in [9.17, 15) is 4.39 Å². The third kappa shape index (κ3) is 3.51. The summed E-state index contributed by atoms with van der Waals surface area (Å²) in [5.41, 5.74) is 2.98. The van der Waals surface area contributed by atoms with Gasteiger partial charge in [-0.1, -0.05) is 12.1 Å². The highest BCUT2D eigenvalue weighted by Gasteiger charge is 2.25. The van der Waals surface area contributed by atoms with Gasteiger partial charge < -0.3 is 4.42 Å². The summed E-state index contributed by atoms with van der Waals surface area (Å²) in [6.07, 6.45) is 4.04. The molecule has 5 heteroatoms. The zero-order chi connectivity index (χ0) is 17.2. The van der Waals surface area contributed by atoms with Gasteiger partial charge in [-0.3, -0.25) is 10.00 Å². The summed E-state index contributed by atoms with van der Waals surface area (Å²) < 4.78 is 19.3. The van der Waals surface area contributed by atoms with E-state index in [1.165, 1.54) is 6.07 Å². The van der Waals surface area contributed by atoms with E-state index in [0.717, 1.165) is 60.8 Å². The molecule has 3 heterocycles. The summed E-state index contributed by atoms with van der Waals surface area (Å²) in [6.45, 7) is 4.82. The molecule has 2 aromatic heterocycles. The van der Waals surface area contributed by atoms with Crippen LogP contribution in [0.4, 0.5) is 4.39 Å². The molecule has 4 nitrogen and oxygen atoms in total. The number of furan rings is 1. The first-order valence-electron chi connectivity index (χ1n) is 8.76. The Morgan fingerprint density at radius 2 is 2.24 bits per heavy atom. The second kappa shape index (κ2) is 6.84. The first kappa shape index (κ1) is 16.1. The topological polar surface area (TPSA) is 45.1 Å². The molecular formula is C20H22FN3O. The summed E-state index contributed by atoms with van der Waals surface area (Å²) in [4.78, 5) is 2.42. The molecule has 3 aromatic rings. The molecule has 0 bridgehead atoms. The predicted molar refractivity (Wildman–Crippen MR) is 94.7 cm³/mol. The molecule has 4 rings (SSSR count). The number of aromatic amines is 1. The summed E-state index contributed by atoms with van der Waals surface area (Å²) >= 11 is 0. The molecule has 1 unspecified atom stereocenters. The molecule has 0 saturated carbocycles. The van der Waals surface area contributed by atoms with Crippen molar-refractivity contribution < 1.29 is 8.81 Å². The van der Waals surface area contributed by atoms with Crippen LogP contribution in [0, 0.1) is 12.7 Å². The van der Waals surface area contributed by atoms with Gasteiger partial charge in [0.1, 0.15) is 17.3 Å². The molecule has 1 saturated heterocycles. The number of nitrogens with zero attached hydrogens (tertiary/aromatic N) is 2. The molecule has 1 N–H and O–H groups in total. The van der Waals surface area contributed by atoms with Crippen LogP contribution in [0.1, 0.15) is 36.0 Å². The summed E-state index contributed by atoms with van der Waals surface area (Å²) in [5.74, 6) is 2.10. The number of aromatic nitrogens is 2. The summed E-state index contributed by atoms with van der Waals surface area (Å²) in [6, 6.07) is 10.8. The second-order valence-electron chi connectivity index (χ2n) is 6.79. The minimum Gasteiger partial charge on any atom is -0.465 e. The summed E-state index contributed by atoms with van der Waals surface area (Å²) in [5, 5.41) is 7.39. The number of aryl methyl sites for hydroxylation is 1. The van der Waals surface area contributed by atoms with Gasteiger partial charge in [-0.25, -0.2) is 4.39 Å². The van der Waals surface area contributed by atoms with Crippen molar-refractivity contribution in [3.63, 3.8) is 0 Å². The molecule has 0 spiro atoms. The van der Waals surface area contributed by atoms with Crippen molar-refractivity contribution >= 4 is 0 Å². The number of likely N-dealkylation sites (tertiary alicyclic amines) is 1. The van der Waals surface area contributed by atoms with Crippen LogP contribution in [-0.4, -0.2) is 28.2 Å². The fraction of sp³-hybridized carbons (Fsp3) is 0.350. The Kier molecular flexibility index (Phi) is 4.40. The Morgan fingerprint density at radius 1 is 1.32 bits per heavy atom.